The summed E-state index contributed by atoms with van der Waals surface area (Å²) >= 11 is 1.44. The van der Waals surface area contributed by atoms with Crippen LogP contribution in [0.25, 0.3) is 0 Å². The monoisotopic (exact) mass is 334 g/mol. The number of anilines is 2. The molecule has 1 heterocycles. The van der Waals surface area contributed by atoms with Crippen LogP contribution in [0.1, 0.15) is 5.69 Å². The van der Waals surface area contributed by atoms with Crippen LogP contribution in [0.3, 0.4) is 0 Å². The Morgan fingerprint density at radius 1 is 1.52 bits per heavy atom. The molecule has 8 heteroatoms. The van der Waals surface area contributed by atoms with E-state index in [0.717, 1.165) is 16.9 Å². The van der Waals surface area contributed by atoms with E-state index in [-0.39, 0.29) is 18.8 Å². The zero-order valence-corrected chi connectivity index (χ0v) is 13.2. The van der Waals surface area contributed by atoms with E-state index in [1.807, 2.05) is 5.38 Å². The number of hydrogen-bond donors (Lipinski definition) is 3. The van der Waals surface area contributed by atoms with Crippen LogP contribution in [0.2, 0.25) is 0 Å². The summed E-state index contributed by atoms with van der Waals surface area (Å²) < 4.78 is 18.6. The van der Waals surface area contributed by atoms with Gasteiger partial charge in [-0.05, 0) is 12.1 Å². The van der Waals surface area contributed by atoms with Gasteiger partial charge in [0.2, 0.25) is 0 Å². The molecule has 0 atom stereocenters. The van der Waals surface area contributed by atoms with Crippen molar-refractivity contribution in [3.8, 4) is 18.1 Å². The summed E-state index contributed by atoms with van der Waals surface area (Å²) in [6.45, 7) is 0.271. The molecular weight excluding hydrogens is 319 g/mol. The van der Waals surface area contributed by atoms with Crippen molar-refractivity contribution in [1.29, 1.82) is 0 Å². The second-order valence-electron chi connectivity index (χ2n) is 4.33. The van der Waals surface area contributed by atoms with E-state index in [1.165, 1.54) is 23.5 Å². The highest BCUT2D eigenvalue weighted by Crippen LogP contribution is 2.25. The first-order valence-electron chi connectivity index (χ1n) is 6.65. The third-order valence-electron chi connectivity index (χ3n) is 2.70. The number of benzene rings is 1. The minimum atomic E-state index is -0.500. The fourth-order valence-electron chi connectivity index (χ4n) is 1.69. The molecule has 1 aromatic carbocycles. The normalized spacial score (nSPS) is 9.78. The first kappa shape index (κ1) is 16.6. The van der Waals surface area contributed by atoms with Crippen molar-refractivity contribution in [2.45, 2.75) is 6.54 Å². The number of hydrogen-bond acceptors (Lipinski definition) is 5. The summed E-state index contributed by atoms with van der Waals surface area (Å²) in [6, 6.07) is 3.29. The van der Waals surface area contributed by atoms with Crippen molar-refractivity contribution in [2.24, 2.45) is 0 Å². The fourth-order valence-corrected chi connectivity index (χ4v) is 2.36. The standard InChI is InChI=1S/C15H15FN4O2S/c1-3-6-22-13-5-4-10(16)7-12(13)20-14(21)18-8-11-9-23-15(17-2)19-11/h1,4-5,7,9H,6,8H2,2H3,(H,17,19)(H2,18,20,21). The first-order chi connectivity index (χ1) is 11.1. The molecule has 0 aliphatic carbocycles. The number of nitrogens with one attached hydrogen (secondary N) is 3. The molecule has 2 rings (SSSR count). The Morgan fingerprint density at radius 2 is 2.35 bits per heavy atom. The van der Waals surface area contributed by atoms with Gasteiger partial charge in [0, 0.05) is 18.5 Å². The van der Waals surface area contributed by atoms with Gasteiger partial charge >= 0.3 is 6.03 Å². The van der Waals surface area contributed by atoms with Crippen LogP contribution in [-0.2, 0) is 6.54 Å². The molecule has 120 valence electrons. The molecule has 0 fully saturated rings. The quantitative estimate of drug-likeness (QED) is 0.710. The molecule has 2 amide bonds. The molecule has 0 aliphatic rings. The topological polar surface area (TPSA) is 75.3 Å². The van der Waals surface area contributed by atoms with Crippen molar-refractivity contribution in [2.75, 3.05) is 24.3 Å². The number of thiazole rings is 1. The van der Waals surface area contributed by atoms with Gasteiger partial charge in [0.15, 0.2) is 5.13 Å². The number of carbonyl (C=O) groups excluding carboxylic acids is 1. The van der Waals surface area contributed by atoms with Crippen LogP contribution in [0.4, 0.5) is 20.0 Å². The van der Waals surface area contributed by atoms with Crippen LogP contribution in [-0.4, -0.2) is 24.7 Å². The predicted octanol–water partition coefficient (Wildman–Crippen LogP) is 2.66. The molecule has 0 radical (unpaired) electrons. The Balaban J connectivity index is 1.96. The molecule has 6 nitrogen and oxygen atoms in total. The highest BCUT2D eigenvalue weighted by Gasteiger charge is 2.10. The zero-order valence-electron chi connectivity index (χ0n) is 12.4. The minimum absolute atomic E-state index is 0.0214. The minimum Gasteiger partial charge on any atom is -0.479 e. The van der Waals surface area contributed by atoms with Gasteiger partial charge in [0.25, 0.3) is 0 Å². The number of rotatable bonds is 6. The molecule has 2 aromatic rings. The molecule has 1 aromatic heterocycles. The van der Waals surface area contributed by atoms with Crippen LogP contribution in [0, 0.1) is 18.2 Å². The molecule has 0 aliphatic heterocycles. The van der Waals surface area contributed by atoms with Crippen LogP contribution >= 0.6 is 11.3 Å². The van der Waals surface area contributed by atoms with Crippen molar-refractivity contribution in [1.82, 2.24) is 10.3 Å². The highest BCUT2D eigenvalue weighted by molar-refractivity contribution is 7.13. The van der Waals surface area contributed by atoms with Gasteiger partial charge in [0.05, 0.1) is 17.9 Å². The third kappa shape index (κ3) is 4.86. The van der Waals surface area contributed by atoms with E-state index in [0.29, 0.717) is 5.75 Å². The predicted molar refractivity (Wildman–Crippen MR) is 88.2 cm³/mol. The maximum absolute atomic E-state index is 13.3. The molecule has 3 N–H and O–H groups in total. The second-order valence-corrected chi connectivity index (χ2v) is 5.19. The Hall–Kier alpha value is -2.79. The van der Waals surface area contributed by atoms with E-state index >= 15 is 0 Å². The lowest BCUT2D eigenvalue weighted by molar-refractivity contribution is 0.251. The lowest BCUT2D eigenvalue weighted by Gasteiger charge is -2.11. The van der Waals surface area contributed by atoms with E-state index in [1.54, 1.807) is 7.05 Å². The second kappa shape index (κ2) is 8.00. The SMILES string of the molecule is C#CCOc1ccc(F)cc1NC(=O)NCc1csc(NC)n1. The number of aromatic nitrogens is 1. The Kier molecular flexibility index (Phi) is 5.77. The van der Waals surface area contributed by atoms with Gasteiger partial charge in [-0.15, -0.1) is 17.8 Å². The summed E-state index contributed by atoms with van der Waals surface area (Å²) in [5.74, 6) is 2.11. The molecule has 0 spiro atoms. The van der Waals surface area contributed by atoms with Gasteiger partial charge in [0.1, 0.15) is 18.2 Å². The summed E-state index contributed by atoms with van der Waals surface area (Å²) in [5.41, 5.74) is 0.921. The number of terminal acetylenes is 1. The Morgan fingerprint density at radius 3 is 3.04 bits per heavy atom. The van der Waals surface area contributed by atoms with E-state index in [2.05, 4.69) is 26.9 Å². The van der Waals surface area contributed by atoms with E-state index in [4.69, 9.17) is 11.2 Å². The maximum atomic E-state index is 13.3. The lowest BCUT2D eigenvalue weighted by atomic mass is 10.3. The van der Waals surface area contributed by atoms with Crippen LogP contribution < -0.4 is 20.7 Å². The molecule has 0 unspecified atom stereocenters. The Bertz CT molecular complexity index is 727. The number of halogens is 1. The summed E-state index contributed by atoms with van der Waals surface area (Å²) in [5, 5.41) is 10.7. The number of carbonyl (C=O) groups is 1. The van der Waals surface area contributed by atoms with Crippen molar-refractivity contribution < 1.29 is 13.9 Å². The summed E-state index contributed by atoms with van der Waals surface area (Å²) in [7, 11) is 1.77. The Labute approximate surface area is 137 Å². The lowest BCUT2D eigenvalue weighted by Crippen LogP contribution is -2.28. The van der Waals surface area contributed by atoms with Gasteiger partial charge in [-0.1, -0.05) is 5.92 Å². The van der Waals surface area contributed by atoms with E-state index < -0.39 is 11.8 Å². The summed E-state index contributed by atoms with van der Waals surface area (Å²) in [6.07, 6.45) is 5.12. The molecule has 0 saturated heterocycles. The molecule has 0 saturated carbocycles. The van der Waals surface area contributed by atoms with Crippen LogP contribution in [0.15, 0.2) is 23.6 Å². The zero-order chi connectivity index (χ0) is 16.7. The molecule has 23 heavy (non-hydrogen) atoms. The largest absolute Gasteiger partial charge is 0.479 e. The van der Waals surface area contributed by atoms with Gasteiger partial charge in [-0.25, -0.2) is 14.2 Å². The van der Waals surface area contributed by atoms with E-state index in [9.17, 15) is 9.18 Å². The average molecular weight is 334 g/mol. The number of amides is 2. The number of nitrogens with zero attached hydrogens (tertiary/aromatic N) is 1. The van der Waals surface area contributed by atoms with Gasteiger partial charge in [-0.3, -0.25) is 0 Å². The van der Waals surface area contributed by atoms with Gasteiger partial charge < -0.3 is 20.7 Å². The number of ether oxygens (including phenoxy) is 1. The summed E-state index contributed by atoms with van der Waals surface area (Å²) in [4.78, 5) is 16.2. The van der Waals surface area contributed by atoms with Crippen molar-refractivity contribution in [3.63, 3.8) is 0 Å². The third-order valence-corrected chi connectivity index (χ3v) is 3.61. The highest BCUT2D eigenvalue weighted by atomic mass is 32.1. The first-order valence-corrected chi connectivity index (χ1v) is 7.53. The molecule has 0 bridgehead atoms. The van der Waals surface area contributed by atoms with Gasteiger partial charge in [-0.2, -0.15) is 0 Å². The smallest absolute Gasteiger partial charge is 0.319 e. The average Bonchev–Trinajstić information content (AvgIpc) is 3.00. The van der Waals surface area contributed by atoms with Crippen LogP contribution in [0.5, 0.6) is 5.75 Å². The van der Waals surface area contributed by atoms with Crippen molar-refractivity contribution in [3.05, 3.63) is 35.1 Å². The maximum Gasteiger partial charge on any atom is 0.319 e. The molecular formula is C15H15FN4O2S. The fraction of sp³-hybridized carbons (Fsp3) is 0.200. The number of urea groups is 1. The van der Waals surface area contributed by atoms with Crippen molar-refractivity contribution >= 4 is 28.2 Å².